The summed E-state index contributed by atoms with van der Waals surface area (Å²) in [5.41, 5.74) is -0.157. The Morgan fingerprint density at radius 2 is 2.08 bits per heavy atom. The third kappa shape index (κ3) is 5.70. The van der Waals surface area contributed by atoms with Crippen LogP contribution < -0.4 is 14.8 Å². The molecule has 202 valence electrons. The van der Waals surface area contributed by atoms with Crippen LogP contribution >= 0.6 is 0 Å². The monoisotopic (exact) mass is 525 g/mol. The van der Waals surface area contributed by atoms with E-state index >= 15 is 0 Å². The maximum absolute atomic E-state index is 12.7. The lowest BCUT2D eigenvalue weighted by atomic mass is 9.84. The standard InChI is InChI=1S/C26H31N5O7/c1-26(2,22(14-32)29-25(34)35)15-30-13-17(11-20(30)24(33)37-4)38-21-12-23(31-9-5-8-27-31)28-19-10-16(36-3)6-7-18(19)21/h5-10,12,14,17,20,22,29H,11,13,15H2,1-4H3,(H,34,35)/t17-,20+,22-/m1/s1. The fourth-order valence-corrected chi connectivity index (χ4v) is 4.76. The second kappa shape index (κ2) is 11.1. The number of methoxy groups -OCH3 is 2. The number of rotatable bonds is 10. The molecule has 1 saturated heterocycles. The van der Waals surface area contributed by atoms with E-state index in [1.165, 1.54) is 7.11 Å². The summed E-state index contributed by atoms with van der Waals surface area (Å²) in [4.78, 5) is 42.1. The van der Waals surface area contributed by atoms with Crippen LogP contribution in [0.1, 0.15) is 20.3 Å². The molecule has 1 amide bonds. The summed E-state index contributed by atoms with van der Waals surface area (Å²) in [6.45, 7) is 4.15. The van der Waals surface area contributed by atoms with E-state index in [9.17, 15) is 14.4 Å². The molecule has 1 aliphatic heterocycles. The van der Waals surface area contributed by atoms with E-state index in [1.807, 2.05) is 23.1 Å². The number of pyridine rings is 1. The van der Waals surface area contributed by atoms with Crippen LogP contribution in [0.15, 0.2) is 42.7 Å². The number of carboxylic acid groups (broad SMARTS) is 1. The summed E-state index contributed by atoms with van der Waals surface area (Å²) in [5.74, 6) is 1.34. The quantitative estimate of drug-likeness (QED) is 0.299. The zero-order chi connectivity index (χ0) is 27.4. The highest BCUT2D eigenvalue weighted by Crippen LogP contribution is 2.34. The molecular formula is C26H31N5O7. The van der Waals surface area contributed by atoms with Gasteiger partial charge in [0.15, 0.2) is 5.82 Å². The highest BCUT2D eigenvalue weighted by Gasteiger charge is 2.43. The Labute approximate surface area is 219 Å². The van der Waals surface area contributed by atoms with Crippen molar-refractivity contribution in [2.75, 3.05) is 27.3 Å². The number of carbonyl (C=O) groups excluding carboxylic acids is 2. The summed E-state index contributed by atoms with van der Waals surface area (Å²) in [5, 5.41) is 16.4. The number of aromatic nitrogens is 3. The molecule has 0 unspecified atom stereocenters. The Hall–Kier alpha value is -4.19. The van der Waals surface area contributed by atoms with Gasteiger partial charge in [-0.15, -0.1) is 0 Å². The maximum Gasteiger partial charge on any atom is 0.405 e. The van der Waals surface area contributed by atoms with Crippen molar-refractivity contribution in [3.63, 3.8) is 0 Å². The topological polar surface area (TPSA) is 145 Å². The van der Waals surface area contributed by atoms with E-state index in [0.717, 1.165) is 5.39 Å². The van der Waals surface area contributed by atoms with Gasteiger partial charge in [0.1, 0.15) is 29.9 Å². The Balaban J connectivity index is 1.63. The number of carbonyl (C=O) groups is 3. The van der Waals surface area contributed by atoms with Crippen LogP contribution in [-0.4, -0.2) is 88.6 Å². The first-order chi connectivity index (χ1) is 18.1. The predicted molar refractivity (Wildman–Crippen MR) is 137 cm³/mol. The lowest BCUT2D eigenvalue weighted by molar-refractivity contribution is -0.146. The van der Waals surface area contributed by atoms with Crippen molar-refractivity contribution in [3.8, 4) is 17.3 Å². The fraction of sp³-hybridized carbons (Fsp3) is 0.423. The minimum atomic E-state index is -1.29. The minimum Gasteiger partial charge on any atom is -0.497 e. The van der Waals surface area contributed by atoms with Crippen molar-refractivity contribution in [2.24, 2.45) is 5.41 Å². The third-order valence-electron chi connectivity index (χ3n) is 6.70. The third-order valence-corrected chi connectivity index (χ3v) is 6.70. The second-order valence-electron chi connectivity index (χ2n) is 9.81. The Morgan fingerprint density at radius 3 is 2.71 bits per heavy atom. The molecule has 1 aliphatic rings. The number of ether oxygens (including phenoxy) is 3. The Kier molecular flexibility index (Phi) is 7.81. The average molecular weight is 526 g/mol. The molecule has 0 saturated carbocycles. The summed E-state index contributed by atoms with van der Waals surface area (Å²) in [6.07, 6.45) is 2.66. The zero-order valence-corrected chi connectivity index (χ0v) is 21.7. The van der Waals surface area contributed by atoms with Crippen LogP contribution in [-0.2, 0) is 14.3 Å². The first-order valence-electron chi connectivity index (χ1n) is 12.1. The van der Waals surface area contributed by atoms with Crippen LogP contribution in [0.5, 0.6) is 11.5 Å². The lowest BCUT2D eigenvalue weighted by Gasteiger charge is -2.36. The molecule has 38 heavy (non-hydrogen) atoms. The fourth-order valence-electron chi connectivity index (χ4n) is 4.76. The molecule has 12 heteroatoms. The molecular weight excluding hydrogens is 494 g/mol. The van der Waals surface area contributed by atoms with Crippen LogP contribution in [0.2, 0.25) is 0 Å². The molecule has 12 nitrogen and oxygen atoms in total. The van der Waals surface area contributed by atoms with Gasteiger partial charge in [-0.3, -0.25) is 9.69 Å². The molecule has 2 aromatic heterocycles. The lowest BCUT2D eigenvalue weighted by Crippen LogP contribution is -2.52. The number of likely N-dealkylation sites (tertiary alicyclic amines) is 1. The number of hydrogen-bond acceptors (Lipinski definition) is 9. The van der Waals surface area contributed by atoms with Gasteiger partial charge < -0.3 is 29.4 Å². The van der Waals surface area contributed by atoms with Gasteiger partial charge in [0, 0.05) is 54.8 Å². The number of aldehydes is 1. The average Bonchev–Trinajstić information content (AvgIpc) is 3.56. The Morgan fingerprint density at radius 1 is 1.29 bits per heavy atom. The molecule has 0 bridgehead atoms. The van der Waals surface area contributed by atoms with Gasteiger partial charge >= 0.3 is 12.1 Å². The molecule has 0 spiro atoms. The first-order valence-corrected chi connectivity index (χ1v) is 12.1. The normalized spacial score (nSPS) is 18.6. The van der Waals surface area contributed by atoms with Crippen LogP contribution in [0.3, 0.4) is 0 Å². The number of fused-ring (bicyclic) bond motifs is 1. The maximum atomic E-state index is 12.7. The molecule has 2 N–H and O–H groups in total. The van der Waals surface area contributed by atoms with Gasteiger partial charge in [0.2, 0.25) is 0 Å². The Bertz CT molecular complexity index is 1310. The van der Waals surface area contributed by atoms with Crippen LogP contribution in [0, 0.1) is 5.41 Å². The molecule has 3 heterocycles. The summed E-state index contributed by atoms with van der Waals surface area (Å²) >= 11 is 0. The molecule has 1 aromatic carbocycles. The van der Waals surface area contributed by atoms with Crippen molar-refractivity contribution in [1.29, 1.82) is 0 Å². The van der Waals surface area contributed by atoms with Crippen LogP contribution in [0.25, 0.3) is 16.7 Å². The second-order valence-corrected chi connectivity index (χ2v) is 9.81. The minimum absolute atomic E-state index is 0.253. The number of nitrogens with zero attached hydrogens (tertiary/aromatic N) is 4. The van der Waals surface area contributed by atoms with E-state index in [1.54, 1.807) is 50.2 Å². The predicted octanol–water partition coefficient (Wildman–Crippen LogP) is 2.29. The van der Waals surface area contributed by atoms with E-state index in [2.05, 4.69) is 10.4 Å². The number of hydrogen-bond donors (Lipinski definition) is 2. The largest absolute Gasteiger partial charge is 0.497 e. The first kappa shape index (κ1) is 26.9. The van der Waals surface area contributed by atoms with E-state index in [4.69, 9.17) is 24.3 Å². The van der Waals surface area contributed by atoms with E-state index < -0.39 is 35.7 Å². The van der Waals surface area contributed by atoms with Crippen molar-refractivity contribution >= 4 is 29.3 Å². The SMILES string of the molecule is COC(=O)[C@@H]1C[C@@H](Oc2cc(-n3cccn3)nc3cc(OC)ccc23)CN1CC(C)(C)[C@@H](C=O)NC(=O)O. The van der Waals surface area contributed by atoms with Crippen molar-refractivity contribution in [1.82, 2.24) is 25.0 Å². The molecule has 4 rings (SSSR count). The van der Waals surface area contributed by atoms with Crippen molar-refractivity contribution < 1.29 is 33.7 Å². The van der Waals surface area contributed by atoms with Gasteiger partial charge in [0.05, 0.1) is 25.8 Å². The smallest absolute Gasteiger partial charge is 0.405 e. The molecule has 3 aromatic rings. The number of nitrogens with one attached hydrogen (secondary N) is 1. The highest BCUT2D eigenvalue weighted by molar-refractivity contribution is 5.87. The number of esters is 1. The number of amides is 1. The van der Waals surface area contributed by atoms with E-state index in [-0.39, 0.29) is 6.54 Å². The van der Waals surface area contributed by atoms with Gasteiger partial charge in [0.25, 0.3) is 0 Å². The zero-order valence-electron chi connectivity index (χ0n) is 21.7. The molecule has 0 aliphatic carbocycles. The summed E-state index contributed by atoms with van der Waals surface area (Å²) < 4.78 is 18.5. The molecule has 0 radical (unpaired) electrons. The van der Waals surface area contributed by atoms with E-state index in [0.29, 0.717) is 42.1 Å². The van der Waals surface area contributed by atoms with Gasteiger partial charge in [-0.25, -0.2) is 14.5 Å². The highest BCUT2D eigenvalue weighted by atomic mass is 16.5. The van der Waals surface area contributed by atoms with Crippen LogP contribution in [0.4, 0.5) is 4.79 Å². The summed E-state index contributed by atoms with van der Waals surface area (Å²) in [7, 11) is 2.90. The number of benzene rings is 1. The summed E-state index contributed by atoms with van der Waals surface area (Å²) in [6, 6.07) is 7.49. The molecule has 3 atom stereocenters. The van der Waals surface area contributed by atoms with Gasteiger partial charge in [-0.2, -0.15) is 5.10 Å². The molecule has 1 fully saturated rings. The van der Waals surface area contributed by atoms with Gasteiger partial charge in [-0.05, 0) is 18.2 Å². The van der Waals surface area contributed by atoms with Crippen molar-refractivity contribution in [3.05, 3.63) is 42.7 Å². The van der Waals surface area contributed by atoms with Crippen molar-refractivity contribution in [2.45, 2.75) is 38.5 Å². The van der Waals surface area contributed by atoms with Gasteiger partial charge in [-0.1, -0.05) is 13.8 Å².